The molecule has 8 nitrogen and oxygen atoms in total. The Kier molecular flexibility index (Phi) is 4.51. The zero-order valence-electron chi connectivity index (χ0n) is 13.6. The summed E-state index contributed by atoms with van der Waals surface area (Å²) in [5.74, 6) is 0.725. The number of anilines is 1. The number of hydrogen-bond donors (Lipinski definition) is 0. The van der Waals surface area contributed by atoms with Crippen molar-refractivity contribution in [3.63, 3.8) is 0 Å². The highest BCUT2D eigenvalue weighted by atomic mass is 16.6. The summed E-state index contributed by atoms with van der Waals surface area (Å²) in [4.78, 5) is 23.1. The van der Waals surface area contributed by atoms with Crippen LogP contribution in [-0.4, -0.2) is 23.5 Å². The van der Waals surface area contributed by atoms with Crippen LogP contribution in [0.3, 0.4) is 0 Å². The third-order valence-electron chi connectivity index (χ3n) is 4.41. The molecule has 1 aliphatic rings. The van der Waals surface area contributed by atoms with E-state index in [1.807, 2.05) is 29.2 Å². The van der Waals surface area contributed by atoms with Crippen molar-refractivity contribution < 1.29 is 14.6 Å². The topological polar surface area (TPSA) is 98.8 Å². The van der Waals surface area contributed by atoms with Crippen molar-refractivity contribution in [2.75, 3.05) is 18.6 Å². The van der Waals surface area contributed by atoms with Gasteiger partial charge in [-0.1, -0.05) is 12.1 Å². The Labute approximate surface area is 143 Å². The molecule has 1 fully saturated rings. The zero-order valence-corrected chi connectivity index (χ0v) is 13.6. The van der Waals surface area contributed by atoms with Gasteiger partial charge in [-0.3, -0.25) is 20.2 Å². The summed E-state index contributed by atoms with van der Waals surface area (Å²) in [6.07, 6.45) is 1.73. The van der Waals surface area contributed by atoms with E-state index in [1.165, 1.54) is 12.1 Å². The van der Waals surface area contributed by atoms with E-state index in [9.17, 15) is 20.2 Å². The predicted molar refractivity (Wildman–Crippen MR) is 92.1 cm³/mol. The lowest BCUT2D eigenvalue weighted by Gasteiger charge is -2.27. The molecule has 0 bridgehead atoms. The largest absolute Gasteiger partial charge is 0.497 e. The molecule has 130 valence electrons. The van der Waals surface area contributed by atoms with Gasteiger partial charge in [-0.15, -0.1) is 0 Å². The SMILES string of the molecule is COc1cccc([C@@H]2CCCN2c2ccc([N+](=O)[O-])cc2[N+](=O)[O-])c1. The predicted octanol–water partition coefficient (Wildman–Crippen LogP) is 3.85. The summed E-state index contributed by atoms with van der Waals surface area (Å²) in [7, 11) is 1.59. The van der Waals surface area contributed by atoms with Crippen molar-refractivity contribution in [2.24, 2.45) is 0 Å². The molecule has 1 heterocycles. The van der Waals surface area contributed by atoms with Crippen molar-refractivity contribution in [1.29, 1.82) is 0 Å². The lowest BCUT2D eigenvalue weighted by Crippen LogP contribution is -2.23. The minimum Gasteiger partial charge on any atom is -0.497 e. The van der Waals surface area contributed by atoms with Gasteiger partial charge in [-0.25, -0.2) is 0 Å². The van der Waals surface area contributed by atoms with E-state index in [0.717, 1.165) is 30.2 Å². The molecule has 3 rings (SSSR count). The number of rotatable bonds is 5. The van der Waals surface area contributed by atoms with Crippen LogP contribution in [0.25, 0.3) is 0 Å². The fourth-order valence-corrected chi connectivity index (χ4v) is 3.26. The van der Waals surface area contributed by atoms with Gasteiger partial charge in [-0.2, -0.15) is 0 Å². The number of benzene rings is 2. The molecular formula is C17H17N3O5. The smallest absolute Gasteiger partial charge is 0.299 e. The first-order valence-corrected chi connectivity index (χ1v) is 7.84. The third-order valence-corrected chi connectivity index (χ3v) is 4.41. The van der Waals surface area contributed by atoms with E-state index >= 15 is 0 Å². The average molecular weight is 343 g/mol. The van der Waals surface area contributed by atoms with Crippen molar-refractivity contribution in [1.82, 2.24) is 0 Å². The zero-order chi connectivity index (χ0) is 18.0. The molecule has 0 aromatic heterocycles. The fourth-order valence-electron chi connectivity index (χ4n) is 3.26. The van der Waals surface area contributed by atoms with E-state index < -0.39 is 9.85 Å². The molecule has 0 unspecified atom stereocenters. The van der Waals surface area contributed by atoms with Crippen LogP contribution in [0.4, 0.5) is 17.1 Å². The van der Waals surface area contributed by atoms with Gasteiger partial charge < -0.3 is 9.64 Å². The van der Waals surface area contributed by atoms with Crippen molar-refractivity contribution in [2.45, 2.75) is 18.9 Å². The summed E-state index contributed by atoms with van der Waals surface area (Å²) in [6, 6.07) is 11.4. The number of nitro benzene ring substituents is 2. The lowest BCUT2D eigenvalue weighted by atomic mass is 10.0. The Morgan fingerprint density at radius 1 is 1.12 bits per heavy atom. The highest BCUT2D eigenvalue weighted by Gasteiger charge is 2.32. The standard InChI is InChI=1S/C17H17N3O5/c1-25-14-5-2-4-12(10-14)15-6-3-9-18(15)16-8-7-13(19(21)22)11-17(16)20(23)24/h2,4-5,7-8,10-11,15H,3,6,9H2,1H3/t15-/m0/s1. The second kappa shape index (κ2) is 6.76. The summed E-state index contributed by atoms with van der Waals surface area (Å²) in [5, 5.41) is 22.4. The van der Waals surface area contributed by atoms with Crippen LogP contribution in [-0.2, 0) is 0 Å². The minimum atomic E-state index is -0.625. The first-order valence-electron chi connectivity index (χ1n) is 7.84. The van der Waals surface area contributed by atoms with Gasteiger partial charge in [0.1, 0.15) is 11.4 Å². The second-order valence-electron chi connectivity index (χ2n) is 5.82. The Bertz CT molecular complexity index is 824. The molecule has 0 aliphatic carbocycles. The van der Waals surface area contributed by atoms with Crippen LogP contribution in [0, 0.1) is 20.2 Å². The lowest BCUT2D eigenvalue weighted by molar-refractivity contribution is -0.393. The van der Waals surface area contributed by atoms with E-state index in [2.05, 4.69) is 0 Å². The van der Waals surface area contributed by atoms with E-state index in [0.29, 0.717) is 12.2 Å². The van der Waals surface area contributed by atoms with Crippen LogP contribution in [0.15, 0.2) is 42.5 Å². The molecule has 0 N–H and O–H groups in total. The number of nitrogens with zero attached hydrogens (tertiary/aromatic N) is 3. The van der Waals surface area contributed by atoms with Crippen molar-refractivity contribution in [3.8, 4) is 5.75 Å². The molecular weight excluding hydrogens is 326 g/mol. The molecule has 1 aliphatic heterocycles. The Morgan fingerprint density at radius 3 is 2.60 bits per heavy atom. The Balaban J connectivity index is 2.02. The van der Waals surface area contributed by atoms with Gasteiger partial charge >= 0.3 is 0 Å². The van der Waals surface area contributed by atoms with Crippen LogP contribution in [0.5, 0.6) is 5.75 Å². The van der Waals surface area contributed by atoms with Crippen LogP contribution in [0.2, 0.25) is 0 Å². The first-order chi connectivity index (χ1) is 12.0. The third kappa shape index (κ3) is 3.23. The van der Waals surface area contributed by atoms with Gasteiger partial charge in [0.05, 0.1) is 29.1 Å². The van der Waals surface area contributed by atoms with Gasteiger partial charge in [0.15, 0.2) is 0 Å². The molecule has 1 saturated heterocycles. The minimum absolute atomic E-state index is 0.0322. The quantitative estimate of drug-likeness (QED) is 0.604. The highest BCUT2D eigenvalue weighted by molar-refractivity contribution is 5.68. The van der Waals surface area contributed by atoms with Gasteiger partial charge in [-0.05, 0) is 36.6 Å². The maximum atomic E-state index is 11.4. The van der Waals surface area contributed by atoms with E-state index in [4.69, 9.17) is 4.74 Å². The molecule has 1 atom stereocenters. The van der Waals surface area contributed by atoms with Gasteiger partial charge in [0.25, 0.3) is 11.4 Å². The van der Waals surface area contributed by atoms with Gasteiger partial charge in [0.2, 0.25) is 0 Å². The number of methoxy groups -OCH3 is 1. The summed E-state index contributed by atoms with van der Waals surface area (Å²) in [5.41, 5.74) is 0.877. The van der Waals surface area contributed by atoms with Crippen LogP contribution < -0.4 is 9.64 Å². The van der Waals surface area contributed by atoms with E-state index in [1.54, 1.807) is 7.11 Å². The Hall–Kier alpha value is -3.16. The summed E-state index contributed by atoms with van der Waals surface area (Å²) < 4.78 is 5.26. The molecule has 25 heavy (non-hydrogen) atoms. The van der Waals surface area contributed by atoms with Crippen LogP contribution >= 0.6 is 0 Å². The molecule has 0 spiro atoms. The molecule has 2 aromatic carbocycles. The fraction of sp³-hybridized carbons (Fsp3) is 0.294. The second-order valence-corrected chi connectivity index (χ2v) is 5.82. The van der Waals surface area contributed by atoms with Gasteiger partial charge in [0, 0.05) is 12.6 Å². The van der Waals surface area contributed by atoms with Crippen molar-refractivity contribution in [3.05, 3.63) is 68.3 Å². The maximum absolute atomic E-state index is 11.4. The maximum Gasteiger partial charge on any atom is 0.299 e. The Morgan fingerprint density at radius 2 is 1.92 bits per heavy atom. The average Bonchev–Trinajstić information content (AvgIpc) is 3.10. The first kappa shape index (κ1) is 16.7. The molecule has 0 amide bonds. The normalized spacial score (nSPS) is 16.7. The summed E-state index contributed by atoms with van der Waals surface area (Å²) in [6.45, 7) is 0.653. The molecule has 8 heteroatoms. The number of nitro groups is 2. The number of hydrogen-bond acceptors (Lipinski definition) is 6. The highest BCUT2D eigenvalue weighted by Crippen LogP contribution is 2.42. The van der Waals surface area contributed by atoms with Crippen LogP contribution in [0.1, 0.15) is 24.4 Å². The number of non-ortho nitro benzene ring substituents is 1. The van der Waals surface area contributed by atoms with E-state index in [-0.39, 0.29) is 17.4 Å². The molecule has 0 radical (unpaired) electrons. The molecule has 0 saturated carbocycles. The number of ether oxygens (including phenoxy) is 1. The monoisotopic (exact) mass is 343 g/mol. The summed E-state index contributed by atoms with van der Waals surface area (Å²) >= 11 is 0. The molecule has 2 aromatic rings. The van der Waals surface area contributed by atoms with Crippen molar-refractivity contribution >= 4 is 17.1 Å².